The molecule has 6 nitrogen and oxygen atoms in total. The van der Waals surface area contributed by atoms with Crippen molar-refractivity contribution in [3.05, 3.63) is 40.4 Å². The van der Waals surface area contributed by atoms with Gasteiger partial charge in [0.25, 0.3) is 5.56 Å². The van der Waals surface area contributed by atoms with E-state index in [0.29, 0.717) is 24.8 Å². The quantitative estimate of drug-likeness (QED) is 0.855. The standard InChI is InChI=1S/C12H15N5O/c13-12-11(9-4-5-9)17(15-14-12)8-7-16-6-2-1-3-10(16)18/h1-3,6,9H,4-5,7-8,13H2. The van der Waals surface area contributed by atoms with Crippen molar-refractivity contribution in [1.82, 2.24) is 19.6 Å². The Morgan fingerprint density at radius 1 is 1.33 bits per heavy atom. The van der Waals surface area contributed by atoms with Crippen LogP contribution in [0.3, 0.4) is 0 Å². The van der Waals surface area contributed by atoms with E-state index in [1.54, 1.807) is 22.9 Å². The zero-order valence-electron chi connectivity index (χ0n) is 9.99. The molecule has 6 heteroatoms. The Morgan fingerprint density at radius 3 is 2.89 bits per heavy atom. The van der Waals surface area contributed by atoms with Gasteiger partial charge >= 0.3 is 0 Å². The lowest BCUT2D eigenvalue weighted by Crippen LogP contribution is -2.21. The van der Waals surface area contributed by atoms with E-state index in [1.165, 1.54) is 0 Å². The molecule has 94 valence electrons. The van der Waals surface area contributed by atoms with Crippen molar-refractivity contribution in [2.24, 2.45) is 0 Å². The maximum Gasteiger partial charge on any atom is 0.250 e. The highest BCUT2D eigenvalue weighted by atomic mass is 16.1. The first kappa shape index (κ1) is 11.0. The maximum absolute atomic E-state index is 11.6. The molecule has 0 spiro atoms. The van der Waals surface area contributed by atoms with E-state index in [0.717, 1.165) is 18.5 Å². The van der Waals surface area contributed by atoms with Crippen LogP contribution in [0.15, 0.2) is 29.2 Å². The minimum absolute atomic E-state index is 0.00133. The van der Waals surface area contributed by atoms with E-state index in [-0.39, 0.29) is 5.56 Å². The van der Waals surface area contributed by atoms with Gasteiger partial charge in [-0.1, -0.05) is 11.3 Å². The van der Waals surface area contributed by atoms with Gasteiger partial charge in [-0.25, -0.2) is 4.68 Å². The van der Waals surface area contributed by atoms with E-state index in [4.69, 9.17) is 5.73 Å². The third kappa shape index (κ3) is 2.01. The van der Waals surface area contributed by atoms with Gasteiger partial charge in [-0.15, -0.1) is 5.10 Å². The molecule has 0 saturated heterocycles. The molecule has 2 aromatic heterocycles. The van der Waals surface area contributed by atoms with Crippen LogP contribution in [-0.2, 0) is 13.1 Å². The predicted octanol–water partition coefficient (Wildman–Crippen LogP) is 0.600. The Kier molecular flexibility index (Phi) is 2.62. The summed E-state index contributed by atoms with van der Waals surface area (Å²) in [4.78, 5) is 11.6. The van der Waals surface area contributed by atoms with E-state index < -0.39 is 0 Å². The molecule has 2 aromatic rings. The van der Waals surface area contributed by atoms with E-state index in [1.807, 2.05) is 10.7 Å². The summed E-state index contributed by atoms with van der Waals surface area (Å²) in [5.74, 6) is 1.03. The number of anilines is 1. The van der Waals surface area contributed by atoms with Crippen LogP contribution in [0.5, 0.6) is 0 Å². The van der Waals surface area contributed by atoms with Crippen molar-refractivity contribution in [2.45, 2.75) is 31.8 Å². The highest BCUT2D eigenvalue weighted by Crippen LogP contribution is 2.41. The second-order valence-electron chi connectivity index (χ2n) is 4.59. The summed E-state index contributed by atoms with van der Waals surface area (Å²) in [5, 5.41) is 7.96. The zero-order valence-corrected chi connectivity index (χ0v) is 9.99. The molecule has 0 aliphatic heterocycles. The van der Waals surface area contributed by atoms with Crippen molar-refractivity contribution in [3.8, 4) is 0 Å². The molecular formula is C12H15N5O. The minimum atomic E-state index is -0.00133. The Labute approximate surface area is 104 Å². The fourth-order valence-electron chi connectivity index (χ4n) is 2.12. The second-order valence-corrected chi connectivity index (χ2v) is 4.59. The second kappa shape index (κ2) is 4.29. The molecule has 1 aliphatic carbocycles. The summed E-state index contributed by atoms with van der Waals surface area (Å²) in [7, 11) is 0. The fraction of sp³-hybridized carbons (Fsp3) is 0.417. The molecule has 0 amide bonds. The number of aromatic nitrogens is 4. The smallest absolute Gasteiger partial charge is 0.250 e. The Balaban J connectivity index is 1.78. The average molecular weight is 245 g/mol. The van der Waals surface area contributed by atoms with Crippen LogP contribution >= 0.6 is 0 Å². The van der Waals surface area contributed by atoms with Crippen molar-refractivity contribution in [2.75, 3.05) is 5.73 Å². The number of nitrogen functional groups attached to an aromatic ring is 1. The van der Waals surface area contributed by atoms with Gasteiger partial charge in [0.05, 0.1) is 12.2 Å². The topological polar surface area (TPSA) is 78.7 Å². The molecular weight excluding hydrogens is 230 g/mol. The Hall–Kier alpha value is -2.11. The van der Waals surface area contributed by atoms with Crippen LogP contribution in [-0.4, -0.2) is 19.6 Å². The maximum atomic E-state index is 11.6. The molecule has 3 rings (SSSR count). The first-order valence-corrected chi connectivity index (χ1v) is 6.10. The van der Waals surface area contributed by atoms with E-state index in [9.17, 15) is 4.79 Å². The van der Waals surface area contributed by atoms with Crippen molar-refractivity contribution in [3.63, 3.8) is 0 Å². The van der Waals surface area contributed by atoms with E-state index in [2.05, 4.69) is 10.3 Å². The summed E-state index contributed by atoms with van der Waals surface area (Å²) in [6.45, 7) is 1.21. The normalized spacial score (nSPS) is 14.9. The molecule has 1 fully saturated rings. The molecule has 18 heavy (non-hydrogen) atoms. The van der Waals surface area contributed by atoms with Crippen molar-refractivity contribution in [1.29, 1.82) is 0 Å². The summed E-state index contributed by atoms with van der Waals surface area (Å²) in [5.41, 5.74) is 6.84. The number of hydrogen-bond donors (Lipinski definition) is 1. The van der Waals surface area contributed by atoms with Crippen LogP contribution in [0.1, 0.15) is 24.5 Å². The van der Waals surface area contributed by atoms with Gasteiger partial charge in [0, 0.05) is 24.7 Å². The number of rotatable bonds is 4. The van der Waals surface area contributed by atoms with Gasteiger partial charge in [0.2, 0.25) is 0 Å². The SMILES string of the molecule is Nc1nnn(CCn2ccccc2=O)c1C1CC1. The van der Waals surface area contributed by atoms with Crippen molar-refractivity contribution < 1.29 is 0 Å². The van der Waals surface area contributed by atoms with Gasteiger partial charge in [-0.3, -0.25) is 4.79 Å². The van der Waals surface area contributed by atoms with Gasteiger partial charge in [-0.2, -0.15) is 0 Å². The minimum Gasteiger partial charge on any atom is -0.381 e. The molecule has 0 unspecified atom stereocenters. The first-order valence-electron chi connectivity index (χ1n) is 6.10. The van der Waals surface area contributed by atoms with Crippen LogP contribution in [0, 0.1) is 0 Å². The fourth-order valence-corrected chi connectivity index (χ4v) is 2.12. The first-order chi connectivity index (χ1) is 8.75. The monoisotopic (exact) mass is 245 g/mol. The summed E-state index contributed by atoms with van der Waals surface area (Å²) < 4.78 is 3.49. The lowest BCUT2D eigenvalue weighted by molar-refractivity contribution is 0.496. The zero-order chi connectivity index (χ0) is 12.5. The average Bonchev–Trinajstić information content (AvgIpc) is 3.13. The van der Waals surface area contributed by atoms with Gasteiger partial charge in [0.1, 0.15) is 0 Å². The lowest BCUT2D eigenvalue weighted by Gasteiger charge is -2.07. The number of pyridine rings is 1. The summed E-state index contributed by atoms with van der Waals surface area (Å²) in [6.07, 6.45) is 4.09. The van der Waals surface area contributed by atoms with Gasteiger partial charge in [-0.05, 0) is 18.9 Å². The molecule has 1 aliphatic rings. The van der Waals surface area contributed by atoms with Crippen LogP contribution in [0.4, 0.5) is 5.82 Å². The van der Waals surface area contributed by atoms with Crippen molar-refractivity contribution >= 4 is 5.82 Å². The van der Waals surface area contributed by atoms with Crippen LogP contribution in [0.2, 0.25) is 0 Å². The number of aryl methyl sites for hydroxylation is 2. The number of nitrogens with zero attached hydrogens (tertiary/aromatic N) is 4. The Bertz CT molecular complexity index is 611. The molecule has 0 atom stereocenters. The summed E-state index contributed by atoms with van der Waals surface area (Å²) in [6, 6.07) is 5.14. The van der Waals surface area contributed by atoms with Gasteiger partial charge in [0.15, 0.2) is 5.82 Å². The molecule has 0 aromatic carbocycles. The molecule has 0 radical (unpaired) electrons. The third-order valence-electron chi connectivity index (χ3n) is 3.22. The predicted molar refractivity (Wildman–Crippen MR) is 67.1 cm³/mol. The van der Waals surface area contributed by atoms with Gasteiger partial charge < -0.3 is 10.3 Å². The highest BCUT2D eigenvalue weighted by molar-refractivity contribution is 5.38. The highest BCUT2D eigenvalue weighted by Gasteiger charge is 2.30. The lowest BCUT2D eigenvalue weighted by atomic mass is 10.3. The van der Waals surface area contributed by atoms with E-state index >= 15 is 0 Å². The summed E-state index contributed by atoms with van der Waals surface area (Å²) >= 11 is 0. The third-order valence-corrected chi connectivity index (χ3v) is 3.22. The largest absolute Gasteiger partial charge is 0.381 e. The molecule has 0 bridgehead atoms. The molecule has 2 heterocycles. The molecule has 1 saturated carbocycles. The van der Waals surface area contributed by atoms with Crippen LogP contribution in [0.25, 0.3) is 0 Å². The number of nitrogens with two attached hydrogens (primary N) is 1. The molecule has 2 N–H and O–H groups in total. The number of hydrogen-bond acceptors (Lipinski definition) is 4. The Morgan fingerprint density at radius 2 is 2.17 bits per heavy atom. The van der Waals surface area contributed by atoms with Crippen LogP contribution < -0.4 is 11.3 Å².